The second-order valence-corrected chi connectivity index (χ2v) is 5.77. The summed E-state index contributed by atoms with van der Waals surface area (Å²) in [5.41, 5.74) is 2.41. The van der Waals surface area contributed by atoms with Crippen molar-refractivity contribution in [3.8, 4) is 0 Å². The monoisotopic (exact) mass is 234 g/mol. The van der Waals surface area contributed by atoms with Crippen molar-refractivity contribution in [2.75, 3.05) is 11.9 Å². The van der Waals surface area contributed by atoms with Gasteiger partial charge in [-0.3, -0.25) is 4.99 Å². The van der Waals surface area contributed by atoms with E-state index in [1.807, 2.05) is 11.8 Å². The van der Waals surface area contributed by atoms with Gasteiger partial charge >= 0.3 is 0 Å². The fourth-order valence-corrected chi connectivity index (χ4v) is 2.69. The van der Waals surface area contributed by atoms with E-state index in [1.54, 1.807) is 0 Å². The Hall–Kier alpha value is -0.960. The van der Waals surface area contributed by atoms with Crippen molar-refractivity contribution in [1.82, 2.24) is 0 Å². The molecule has 3 heteroatoms. The van der Waals surface area contributed by atoms with Crippen molar-refractivity contribution in [3.05, 3.63) is 29.8 Å². The second-order valence-electron chi connectivity index (χ2n) is 4.54. The van der Waals surface area contributed by atoms with Gasteiger partial charge in [0.05, 0.1) is 6.54 Å². The summed E-state index contributed by atoms with van der Waals surface area (Å²) in [6.07, 6.45) is 0. The van der Waals surface area contributed by atoms with Crippen LogP contribution in [0.3, 0.4) is 0 Å². The third-order valence-corrected chi connectivity index (χ3v) is 4.14. The van der Waals surface area contributed by atoms with Crippen molar-refractivity contribution < 1.29 is 0 Å². The molecule has 0 radical (unpaired) electrons. The summed E-state index contributed by atoms with van der Waals surface area (Å²) < 4.78 is 0. The SMILES string of the molecule is Cc1cccc(NC2=NCC(C(C)C)S2)c1. The van der Waals surface area contributed by atoms with E-state index in [2.05, 4.69) is 55.3 Å². The van der Waals surface area contributed by atoms with E-state index in [0.29, 0.717) is 11.2 Å². The zero-order chi connectivity index (χ0) is 11.5. The molecule has 1 aromatic rings. The molecule has 2 nitrogen and oxygen atoms in total. The van der Waals surface area contributed by atoms with Crippen LogP contribution in [0.15, 0.2) is 29.3 Å². The molecular weight excluding hydrogens is 216 g/mol. The molecule has 1 aliphatic heterocycles. The molecule has 0 fully saturated rings. The van der Waals surface area contributed by atoms with E-state index in [0.717, 1.165) is 17.4 Å². The summed E-state index contributed by atoms with van der Waals surface area (Å²) in [6, 6.07) is 8.40. The molecule has 0 aromatic heterocycles. The zero-order valence-electron chi connectivity index (χ0n) is 10.0. The first-order valence-corrected chi connectivity index (χ1v) is 6.58. The van der Waals surface area contributed by atoms with E-state index in [4.69, 9.17) is 0 Å². The van der Waals surface area contributed by atoms with Crippen LogP contribution < -0.4 is 5.32 Å². The Morgan fingerprint density at radius 1 is 1.44 bits per heavy atom. The number of rotatable bonds is 2. The molecule has 0 saturated heterocycles. The first-order chi connectivity index (χ1) is 7.65. The number of aliphatic imine (C=N–C) groups is 1. The summed E-state index contributed by atoms with van der Waals surface area (Å²) in [5.74, 6) is 0.686. The van der Waals surface area contributed by atoms with Crippen LogP contribution in [0.2, 0.25) is 0 Å². The van der Waals surface area contributed by atoms with Gasteiger partial charge in [-0.2, -0.15) is 0 Å². The van der Waals surface area contributed by atoms with Gasteiger partial charge in [-0.15, -0.1) is 0 Å². The zero-order valence-corrected chi connectivity index (χ0v) is 10.8. The first kappa shape index (κ1) is 11.5. The summed E-state index contributed by atoms with van der Waals surface area (Å²) in [5, 5.41) is 5.07. The van der Waals surface area contributed by atoms with E-state index in [9.17, 15) is 0 Å². The molecule has 1 heterocycles. The Morgan fingerprint density at radius 3 is 2.88 bits per heavy atom. The van der Waals surface area contributed by atoms with Crippen LogP contribution in [0, 0.1) is 12.8 Å². The van der Waals surface area contributed by atoms with Crippen LogP contribution in [-0.4, -0.2) is 17.0 Å². The minimum Gasteiger partial charge on any atom is -0.335 e. The Morgan fingerprint density at radius 2 is 2.25 bits per heavy atom. The third-order valence-electron chi connectivity index (χ3n) is 2.69. The number of benzene rings is 1. The number of nitrogens with zero attached hydrogens (tertiary/aromatic N) is 1. The molecule has 0 bridgehead atoms. The standard InChI is InChI=1S/C13H18N2S/c1-9(2)12-8-14-13(16-12)15-11-6-4-5-10(3)7-11/h4-7,9,12H,8H2,1-3H3,(H,14,15). The molecule has 16 heavy (non-hydrogen) atoms. The van der Waals surface area contributed by atoms with E-state index in [-0.39, 0.29) is 0 Å². The number of anilines is 1. The predicted molar refractivity (Wildman–Crippen MR) is 73.3 cm³/mol. The molecule has 1 aliphatic rings. The van der Waals surface area contributed by atoms with Crippen molar-refractivity contribution in [2.24, 2.45) is 10.9 Å². The lowest BCUT2D eigenvalue weighted by atomic mass is 10.1. The number of hydrogen-bond acceptors (Lipinski definition) is 3. The lowest BCUT2D eigenvalue weighted by Gasteiger charge is -2.12. The molecule has 0 amide bonds. The Kier molecular flexibility index (Phi) is 3.54. The molecule has 1 unspecified atom stereocenters. The van der Waals surface area contributed by atoms with Crippen LogP contribution in [-0.2, 0) is 0 Å². The number of amidine groups is 1. The van der Waals surface area contributed by atoms with Crippen LogP contribution in [0.1, 0.15) is 19.4 Å². The molecule has 0 aliphatic carbocycles. The second kappa shape index (κ2) is 4.91. The molecule has 0 saturated carbocycles. The van der Waals surface area contributed by atoms with E-state index >= 15 is 0 Å². The molecule has 86 valence electrons. The van der Waals surface area contributed by atoms with Gasteiger partial charge in [0, 0.05) is 10.9 Å². The molecule has 1 atom stereocenters. The normalized spacial score (nSPS) is 20.0. The lowest BCUT2D eigenvalue weighted by molar-refractivity contribution is 0.621. The summed E-state index contributed by atoms with van der Waals surface area (Å²) in [6.45, 7) is 7.55. The Labute approximate surface area is 102 Å². The predicted octanol–water partition coefficient (Wildman–Crippen LogP) is 3.53. The maximum absolute atomic E-state index is 4.53. The average Bonchev–Trinajstić information content (AvgIpc) is 2.66. The molecule has 1 N–H and O–H groups in total. The van der Waals surface area contributed by atoms with Crippen molar-refractivity contribution >= 4 is 22.6 Å². The van der Waals surface area contributed by atoms with E-state index in [1.165, 1.54) is 5.56 Å². The maximum Gasteiger partial charge on any atom is 0.161 e. The first-order valence-electron chi connectivity index (χ1n) is 5.70. The molecule has 2 rings (SSSR count). The molecular formula is C13H18N2S. The minimum atomic E-state index is 0.632. The van der Waals surface area contributed by atoms with Gasteiger partial charge in [-0.05, 0) is 30.5 Å². The minimum absolute atomic E-state index is 0.632. The van der Waals surface area contributed by atoms with E-state index < -0.39 is 0 Å². The van der Waals surface area contributed by atoms with Gasteiger partial charge < -0.3 is 5.32 Å². The van der Waals surface area contributed by atoms with Gasteiger partial charge in [-0.25, -0.2) is 0 Å². The van der Waals surface area contributed by atoms with Crippen molar-refractivity contribution in [3.63, 3.8) is 0 Å². The topological polar surface area (TPSA) is 24.4 Å². The Bertz CT molecular complexity index is 399. The summed E-state index contributed by atoms with van der Waals surface area (Å²) in [4.78, 5) is 4.53. The highest BCUT2D eigenvalue weighted by atomic mass is 32.2. The smallest absolute Gasteiger partial charge is 0.161 e. The van der Waals surface area contributed by atoms with Crippen LogP contribution in [0.25, 0.3) is 0 Å². The highest BCUT2D eigenvalue weighted by Crippen LogP contribution is 2.27. The fourth-order valence-electron chi connectivity index (χ4n) is 1.65. The number of aryl methyl sites for hydroxylation is 1. The third kappa shape index (κ3) is 2.79. The number of thioether (sulfide) groups is 1. The highest BCUT2D eigenvalue weighted by molar-refractivity contribution is 8.15. The van der Waals surface area contributed by atoms with Crippen LogP contribution >= 0.6 is 11.8 Å². The summed E-state index contributed by atoms with van der Waals surface area (Å²) >= 11 is 1.86. The van der Waals surface area contributed by atoms with Gasteiger partial charge in [0.15, 0.2) is 5.17 Å². The average molecular weight is 234 g/mol. The lowest BCUT2D eigenvalue weighted by Crippen LogP contribution is -2.13. The van der Waals surface area contributed by atoms with Crippen molar-refractivity contribution in [1.29, 1.82) is 0 Å². The maximum atomic E-state index is 4.53. The van der Waals surface area contributed by atoms with Gasteiger partial charge in [0.25, 0.3) is 0 Å². The molecule has 1 aromatic carbocycles. The summed E-state index contributed by atoms with van der Waals surface area (Å²) in [7, 11) is 0. The number of hydrogen-bond donors (Lipinski definition) is 1. The number of nitrogens with one attached hydrogen (secondary N) is 1. The van der Waals surface area contributed by atoms with Crippen LogP contribution in [0.5, 0.6) is 0 Å². The largest absolute Gasteiger partial charge is 0.335 e. The van der Waals surface area contributed by atoms with Gasteiger partial charge in [0.2, 0.25) is 0 Å². The quantitative estimate of drug-likeness (QED) is 0.846. The van der Waals surface area contributed by atoms with Crippen molar-refractivity contribution in [2.45, 2.75) is 26.0 Å². The van der Waals surface area contributed by atoms with Gasteiger partial charge in [0.1, 0.15) is 0 Å². The fraction of sp³-hybridized carbons (Fsp3) is 0.462. The Balaban J connectivity index is 1.97. The van der Waals surface area contributed by atoms with Gasteiger partial charge in [-0.1, -0.05) is 37.7 Å². The highest BCUT2D eigenvalue weighted by Gasteiger charge is 2.22. The molecule has 0 spiro atoms. The van der Waals surface area contributed by atoms with Crippen LogP contribution in [0.4, 0.5) is 5.69 Å².